The molecule has 5 nitrogen and oxygen atoms in total. The molecule has 1 fully saturated rings. The lowest BCUT2D eigenvalue weighted by atomic mass is 10.1. The van der Waals surface area contributed by atoms with Gasteiger partial charge in [-0.15, -0.1) is 0 Å². The lowest BCUT2D eigenvalue weighted by Crippen LogP contribution is -2.37. The van der Waals surface area contributed by atoms with E-state index in [0.717, 1.165) is 25.1 Å². The third-order valence-corrected chi connectivity index (χ3v) is 3.82. The van der Waals surface area contributed by atoms with E-state index in [0.29, 0.717) is 23.4 Å². The first-order valence-electron chi connectivity index (χ1n) is 6.60. The van der Waals surface area contributed by atoms with Crippen LogP contribution in [0.15, 0.2) is 27.8 Å². The van der Waals surface area contributed by atoms with Gasteiger partial charge < -0.3 is 10.3 Å². The zero-order valence-corrected chi connectivity index (χ0v) is 10.9. The van der Waals surface area contributed by atoms with Crippen molar-refractivity contribution in [1.29, 1.82) is 0 Å². The predicted octanol–water partition coefficient (Wildman–Crippen LogP) is 0.608. The van der Waals surface area contributed by atoms with Crippen molar-refractivity contribution >= 4 is 10.9 Å². The van der Waals surface area contributed by atoms with Crippen LogP contribution in [0.4, 0.5) is 0 Å². The standard InChI is InChI=1S/C14H17N3O2/c1-9-3-2-4-11-12(9)13(18)17(14(19)16-11)8-10-5-6-15-7-10/h2-4,10,15H,5-8H2,1H3,(H,16,19). The molecule has 2 heterocycles. The van der Waals surface area contributed by atoms with Gasteiger partial charge in [-0.1, -0.05) is 12.1 Å². The molecule has 1 aromatic heterocycles. The van der Waals surface area contributed by atoms with Gasteiger partial charge in [0, 0.05) is 6.54 Å². The number of fused-ring (bicyclic) bond motifs is 1. The van der Waals surface area contributed by atoms with Gasteiger partial charge >= 0.3 is 5.69 Å². The fourth-order valence-electron chi connectivity index (χ4n) is 2.76. The number of H-pyrrole nitrogens is 1. The molecule has 19 heavy (non-hydrogen) atoms. The summed E-state index contributed by atoms with van der Waals surface area (Å²) in [5.74, 6) is 0.361. The third kappa shape index (κ3) is 2.10. The van der Waals surface area contributed by atoms with E-state index in [1.807, 2.05) is 19.1 Å². The number of hydrogen-bond donors (Lipinski definition) is 2. The first-order valence-corrected chi connectivity index (χ1v) is 6.60. The maximum absolute atomic E-state index is 12.5. The van der Waals surface area contributed by atoms with Gasteiger partial charge in [0.25, 0.3) is 5.56 Å². The Labute approximate surface area is 110 Å². The molecular formula is C14H17N3O2. The van der Waals surface area contributed by atoms with Gasteiger partial charge in [-0.05, 0) is 44.0 Å². The Morgan fingerprint density at radius 1 is 1.37 bits per heavy atom. The third-order valence-electron chi connectivity index (χ3n) is 3.82. The average molecular weight is 259 g/mol. The second kappa shape index (κ2) is 4.66. The summed E-state index contributed by atoms with van der Waals surface area (Å²) in [6.45, 7) is 4.22. The molecule has 1 unspecified atom stereocenters. The number of benzene rings is 1. The van der Waals surface area contributed by atoms with Crippen molar-refractivity contribution in [2.75, 3.05) is 13.1 Å². The van der Waals surface area contributed by atoms with Crippen LogP contribution in [0.3, 0.4) is 0 Å². The van der Waals surface area contributed by atoms with Crippen molar-refractivity contribution in [3.05, 3.63) is 44.6 Å². The summed E-state index contributed by atoms with van der Waals surface area (Å²) in [4.78, 5) is 27.3. The zero-order valence-electron chi connectivity index (χ0n) is 10.9. The van der Waals surface area contributed by atoms with E-state index in [9.17, 15) is 9.59 Å². The second-order valence-electron chi connectivity index (χ2n) is 5.20. The summed E-state index contributed by atoms with van der Waals surface area (Å²) in [6, 6.07) is 5.51. The summed E-state index contributed by atoms with van der Waals surface area (Å²) < 4.78 is 1.34. The van der Waals surface area contributed by atoms with Crippen LogP contribution in [0.1, 0.15) is 12.0 Å². The van der Waals surface area contributed by atoms with Crippen LogP contribution >= 0.6 is 0 Å². The van der Waals surface area contributed by atoms with E-state index in [4.69, 9.17) is 0 Å². The predicted molar refractivity (Wildman–Crippen MR) is 74.5 cm³/mol. The summed E-state index contributed by atoms with van der Waals surface area (Å²) in [5, 5.41) is 3.87. The SMILES string of the molecule is Cc1cccc2[nH]c(=O)n(CC3CCNC3)c(=O)c12. The topological polar surface area (TPSA) is 66.9 Å². The van der Waals surface area contributed by atoms with Crippen molar-refractivity contribution in [3.8, 4) is 0 Å². The Balaban J connectivity index is 2.16. The molecule has 1 atom stereocenters. The number of nitrogens with zero attached hydrogens (tertiary/aromatic N) is 1. The van der Waals surface area contributed by atoms with Crippen LogP contribution in [0, 0.1) is 12.8 Å². The first kappa shape index (κ1) is 12.2. The van der Waals surface area contributed by atoms with E-state index in [2.05, 4.69) is 10.3 Å². The Hall–Kier alpha value is -1.88. The molecule has 1 saturated heterocycles. The fraction of sp³-hybridized carbons (Fsp3) is 0.429. The highest BCUT2D eigenvalue weighted by molar-refractivity contribution is 5.80. The van der Waals surface area contributed by atoms with E-state index in [1.165, 1.54) is 4.57 Å². The van der Waals surface area contributed by atoms with Crippen molar-refractivity contribution in [2.24, 2.45) is 5.92 Å². The molecule has 1 aromatic carbocycles. The molecule has 2 N–H and O–H groups in total. The largest absolute Gasteiger partial charge is 0.328 e. The minimum atomic E-state index is -0.310. The number of hydrogen-bond acceptors (Lipinski definition) is 3. The van der Waals surface area contributed by atoms with Gasteiger partial charge in [-0.25, -0.2) is 4.79 Å². The summed E-state index contributed by atoms with van der Waals surface area (Å²) in [7, 11) is 0. The molecule has 2 aromatic rings. The maximum Gasteiger partial charge on any atom is 0.328 e. The molecule has 0 spiro atoms. The Morgan fingerprint density at radius 2 is 2.21 bits per heavy atom. The molecule has 0 radical (unpaired) electrons. The number of rotatable bonds is 2. The summed E-state index contributed by atoms with van der Waals surface area (Å²) in [6.07, 6.45) is 1.01. The molecule has 0 aliphatic carbocycles. The lowest BCUT2D eigenvalue weighted by molar-refractivity contribution is 0.460. The fourth-order valence-corrected chi connectivity index (χ4v) is 2.76. The number of aromatic nitrogens is 2. The highest BCUT2D eigenvalue weighted by Crippen LogP contribution is 2.12. The molecule has 1 aliphatic heterocycles. The van der Waals surface area contributed by atoms with Gasteiger partial charge in [0.2, 0.25) is 0 Å². The molecule has 0 bridgehead atoms. The first-order chi connectivity index (χ1) is 9.16. The monoisotopic (exact) mass is 259 g/mol. The van der Waals surface area contributed by atoms with Gasteiger partial charge in [-0.2, -0.15) is 0 Å². The highest BCUT2D eigenvalue weighted by atomic mass is 16.2. The lowest BCUT2D eigenvalue weighted by Gasteiger charge is -2.11. The van der Waals surface area contributed by atoms with Crippen LogP contribution in [-0.4, -0.2) is 22.6 Å². The van der Waals surface area contributed by atoms with Crippen LogP contribution in [-0.2, 0) is 6.54 Å². The molecule has 0 amide bonds. The van der Waals surface area contributed by atoms with Gasteiger partial charge in [0.05, 0.1) is 10.9 Å². The molecule has 3 rings (SSSR count). The van der Waals surface area contributed by atoms with E-state index < -0.39 is 0 Å². The molecule has 1 aliphatic rings. The summed E-state index contributed by atoms with van der Waals surface area (Å²) in [5.41, 5.74) is 1.03. The van der Waals surface area contributed by atoms with E-state index >= 15 is 0 Å². The van der Waals surface area contributed by atoms with Gasteiger partial charge in [0.15, 0.2) is 0 Å². The Kier molecular flexibility index (Phi) is 2.98. The van der Waals surface area contributed by atoms with Crippen molar-refractivity contribution in [2.45, 2.75) is 19.9 Å². The number of aromatic amines is 1. The highest BCUT2D eigenvalue weighted by Gasteiger charge is 2.18. The molecular weight excluding hydrogens is 242 g/mol. The maximum atomic E-state index is 12.5. The van der Waals surface area contributed by atoms with Crippen molar-refractivity contribution < 1.29 is 0 Å². The molecule has 100 valence electrons. The number of aryl methyl sites for hydroxylation is 1. The van der Waals surface area contributed by atoms with Gasteiger partial charge in [-0.3, -0.25) is 9.36 Å². The zero-order chi connectivity index (χ0) is 13.4. The number of nitrogens with one attached hydrogen (secondary N) is 2. The van der Waals surface area contributed by atoms with Crippen LogP contribution in [0.2, 0.25) is 0 Å². The van der Waals surface area contributed by atoms with Crippen LogP contribution in [0.5, 0.6) is 0 Å². The van der Waals surface area contributed by atoms with Crippen LogP contribution in [0.25, 0.3) is 10.9 Å². The smallest absolute Gasteiger partial charge is 0.316 e. The normalized spacial score (nSPS) is 19.1. The van der Waals surface area contributed by atoms with Gasteiger partial charge in [0.1, 0.15) is 0 Å². The second-order valence-corrected chi connectivity index (χ2v) is 5.20. The van der Waals surface area contributed by atoms with Crippen LogP contribution < -0.4 is 16.6 Å². The van der Waals surface area contributed by atoms with Crippen molar-refractivity contribution in [1.82, 2.24) is 14.9 Å². The van der Waals surface area contributed by atoms with E-state index in [-0.39, 0.29) is 11.2 Å². The van der Waals surface area contributed by atoms with E-state index in [1.54, 1.807) is 6.07 Å². The van der Waals surface area contributed by atoms with Crippen molar-refractivity contribution in [3.63, 3.8) is 0 Å². The quantitative estimate of drug-likeness (QED) is 0.830. The Bertz CT molecular complexity index is 724. The average Bonchev–Trinajstić information content (AvgIpc) is 2.87. The molecule has 0 saturated carbocycles. The minimum Gasteiger partial charge on any atom is -0.316 e. The Morgan fingerprint density at radius 3 is 2.95 bits per heavy atom. The summed E-state index contributed by atoms with van der Waals surface area (Å²) >= 11 is 0. The minimum absolute atomic E-state index is 0.177. The molecule has 5 heteroatoms.